The Morgan fingerprint density at radius 3 is 2.68 bits per heavy atom. The average Bonchev–Trinajstić information content (AvgIpc) is 2.89. The van der Waals surface area contributed by atoms with E-state index >= 15 is 0 Å². The first-order valence-corrected chi connectivity index (χ1v) is 12.3. The summed E-state index contributed by atoms with van der Waals surface area (Å²) in [6.45, 7) is 5.42. The zero-order valence-electron chi connectivity index (χ0n) is 20.9. The SMILES string of the molecule is CC(=O)NC1CC2COCCN2c2cc(-c3cc(NC(=O)c4ccnc(C(F)(F)F)c4)ccc3C)ccc21. The van der Waals surface area contributed by atoms with E-state index in [-0.39, 0.29) is 23.6 Å². The zero-order valence-corrected chi connectivity index (χ0v) is 20.9. The van der Waals surface area contributed by atoms with E-state index < -0.39 is 17.8 Å². The molecule has 1 saturated heterocycles. The molecule has 2 aliphatic rings. The van der Waals surface area contributed by atoms with Crippen molar-refractivity contribution >= 4 is 23.2 Å². The summed E-state index contributed by atoms with van der Waals surface area (Å²) in [4.78, 5) is 30.2. The number of carbonyl (C=O) groups is 2. The second-order valence-corrected chi connectivity index (χ2v) is 9.60. The summed E-state index contributed by atoms with van der Waals surface area (Å²) in [7, 11) is 0. The first-order chi connectivity index (χ1) is 18.1. The number of ether oxygens (including phenoxy) is 1. The summed E-state index contributed by atoms with van der Waals surface area (Å²) in [5.74, 6) is -0.751. The largest absolute Gasteiger partial charge is 0.433 e. The first-order valence-electron chi connectivity index (χ1n) is 12.3. The summed E-state index contributed by atoms with van der Waals surface area (Å²) in [5, 5.41) is 5.76. The van der Waals surface area contributed by atoms with E-state index in [0.717, 1.165) is 53.2 Å². The van der Waals surface area contributed by atoms with E-state index in [9.17, 15) is 22.8 Å². The van der Waals surface area contributed by atoms with Gasteiger partial charge >= 0.3 is 6.18 Å². The molecule has 0 saturated carbocycles. The minimum atomic E-state index is -4.64. The monoisotopic (exact) mass is 524 g/mol. The van der Waals surface area contributed by atoms with Crippen molar-refractivity contribution in [3.8, 4) is 11.1 Å². The molecule has 10 heteroatoms. The predicted molar refractivity (Wildman–Crippen MR) is 137 cm³/mol. The van der Waals surface area contributed by atoms with Gasteiger partial charge in [0.2, 0.25) is 5.91 Å². The van der Waals surface area contributed by atoms with Crippen molar-refractivity contribution in [2.75, 3.05) is 30.0 Å². The number of nitrogens with one attached hydrogen (secondary N) is 2. The first kappa shape index (κ1) is 25.7. The molecule has 2 N–H and O–H groups in total. The van der Waals surface area contributed by atoms with Gasteiger partial charge in [-0.25, -0.2) is 0 Å². The van der Waals surface area contributed by atoms with Gasteiger partial charge in [-0.2, -0.15) is 13.2 Å². The minimum absolute atomic E-state index is 0.0916. The summed E-state index contributed by atoms with van der Waals surface area (Å²) < 4.78 is 44.8. The summed E-state index contributed by atoms with van der Waals surface area (Å²) in [6, 6.07) is 13.5. The smallest absolute Gasteiger partial charge is 0.377 e. The highest BCUT2D eigenvalue weighted by Gasteiger charge is 2.35. The lowest BCUT2D eigenvalue weighted by molar-refractivity contribution is -0.141. The van der Waals surface area contributed by atoms with Gasteiger partial charge in [-0.1, -0.05) is 18.2 Å². The van der Waals surface area contributed by atoms with E-state index in [0.29, 0.717) is 18.9 Å². The Balaban J connectivity index is 1.46. The maximum Gasteiger partial charge on any atom is 0.433 e. The number of pyridine rings is 1. The molecule has 38 heavy (non-hydrogen) atoms. The lowest BCUT2D eigenvalue weighted by Gasteiger charge is -2.45. The number of aryl methyl sites for hydroxylation is 1. The van der Waals surface area contributed by atoms with Gasteiger partial charge in [-0.15, -0.1) is 0 Å². The van der Waals surface area contributed by atoms with E-state index in [2.05, 4.69) is 26.6 Å². The average molecular weight is 525 g/mol. The number of benzene rings is 2. The minimum Gasteiger partial charge on any atom is -0.377 e. The van der Waals surface area contributed by atoms with Crippen molar-refractivity contribution in [1.29, 1.82) is 0 Å². The number of fused-ring (bicyclic) bond motifs is 3. The standard InChI is InChI=1S/C28H27F3N4O3/c1-16-3-5-20(34-27(37)19-7-8-32-26(12-19)28(29,30)31)13-23(16)18-4-6-22-24(33-17(2)36)14-21-15-38-10-9-35(21)25(22)11-18/h3-8,11-13,21,24H,9-10,14-15H2,1-2H3,(H,33,36)(H,34,37). The number of carbonyl (C=O) groups excluding carboxylic acids is 2. The van der Waals surface area contributed by atoms with Crippen LogP contribution in [0.1, 0.15) is 46.6 Å². The van der Waals surface area contributed by atoms with Crippen LogP contribution in [-0.2, 0) is 15.7 Å². The van der Waals surface area contributed by atoms with Crippen LogP contribution in [0.5, 0.6) is 0 Å². The normalized spacial score (nSPS) is 18.8. The molecular weight excluding hydrogens is 497 g/mol. The van der Waals surface area contributed by atoms with Crippen molar-refractivity contribution < 1.29 is 27.5 Å². The molecule has 2 aromatic carbocycles. The number of alkyl halides is 3. The van der Waals surface area contributed by atoms with Crippen LogP contribution in [0.15, 0.2) is 54.7 Å². The van der Waals surface area contributed by atoms with Crippen molar-refractivity contribution in [2.24, 2.45) is 0 Å². The van der Waals surface area contributed by atoms with Crippen LogP contribution in [0.3, 0.4) is 0 Å². The maximum absolute atomic E-state index is 13.0. The van der Waals surface area contributed by atoms with E-state index in [1.54, 1.807) is 6.07 Å². The summed E-state index contributed by atoms with van der Waals surface area (Å²) in [5.41, 5.74) is 4.05. The Morgan fingerprint density at radius 1 is 1.11 bits per heavy atom. The van der Waals surface area contributed by atoms with Crippen LogP contribution < -0.4 is 15.5 Å². The van der Waals surface area contributed by atoms with Crippen LogP contribution in [0.4, 0.5) is 24.5 Å². The van der Waals surface area contributed by atoms with Crippen LogP contribution in [0.25, 0.3) is 11.1 Å². The van der Waals surface area contributed by atoms with Crippen LogP contribution in [0.2, 0.25) is 0 Å². The van der Waals surface area contributed by atoms with Crippen molar-refractivity contribution in [1.82, 2.24) is 10.3 Å². The predicted octanol–water partition coefficient (Wildman–Crippen LogP) is 5.11. The van der Waals surface area contributed by atoms with Crippen LogP contribution in [0, 0.1) is 6.92 Å². The Morgan fingerprint density at radius 2 is 1.92 bits per heavy atom. The molecular formula is C28H27F3N4O3. The second kappa shape index (κ2) is 10.1. The summed E-state index contributed by atoms with van der Waals surface area (Å²) >= 11 is 0. The number of aromatic nitrogens is 1. The Bertz CT molecular complexity index is 1390. The Labute approximate surface area is 218 Å². The van der Waals surface area contributed by atoms with Gasteiger partial charge in [0.1, 0.15) is 5.69 Å². The maximum atomic E-state index is 13.0. The Kier molecular flexibility index (Phi) is 6.83. The zero-order chi connectivity index (χ0) is 27.0. The third-order valence-electron chi connectivity index (χ3n) is 6.95. The Hall–Kier alpha value is -3.92. The lowest BCUT2D eigenvalue weighted by Crippen LogP contribution is -2.51. The molecule has 2 atom stereocenters. The lowest BCUT2D eigenvalue weighted by atomic mass is 9.88. The number of rotatable bonds is 4. The van der Waals surface area contributed by atoms with Crippen LogP contribution >= 0.6 is 0 Å². The molecule has 7 nitrogen and oxygen atoms in total. The molecule has 0 aliphatic carbocycles. The van der Waals surface area contributed by atoms with E-state index in [1.807, 2.05) is 31.2 Å². The molecule has 1 aromatic heterocycles. The van der Waals surface area contributed by atoms with Gasteiger partial charge in [-0.05, 0) is 65.9 Å². The number of morpholine rings is 1. The molecule has 0 bridgehead atoms. The van der Waals surface area contributed by atoms with E-state index in [4.69, 9.17) is 4.74 Å². The molecule has 2 aliphatic heterocycles. The fraction of sp³-hybridized carbons (Fsp3) is 0.321. The number of amides is 2. The molecule has 0 radical (unpaired) electrons. The van der Waals surface area contributed by atoms with Crippen molar-refractivity contribution in [3.63, 3.8) is 0 Å². The van der Waals surface area contributed by atoms with Gasteiger partial charge in [0.25, 0.3) is 5.91 Å². The van der Waals surface area contributed by atoms with Gasteiger partial charge in [0, 0.05) is 36.6 Å². The topological polar surface area (TPSA) is 83.6 Å². The van der Waals surface area contributed by atoms with Gasteiger partial charge in [-0.3, -0.25) is 14.6 Å². The molecule has 2 unspecified atom stereocenters. The third kappa shape index (κ3) is 5.22. The molecule has 198 valence electrons. The molecule has 3 aromatic rings. The third-order valence-corrected chi connectivity index (χ3v) is 6.95. The second-order valence-electron chi connectivity index (χ2n) is 9.60. The quantitative estimate of drug-likeness (QED) is 0.496. The fourth-order valence-electron chi connectivity index (χ4n) is 5.14. The number of hydrogen-bond donors (Lipinski definition) is 2. The molecule has 2 amide bonds. The van der Waals surface area contributed by atoms with Gasteiger partial charge in [0.15, 0.2) is 0 Å². The highest BCUT2D eigenvalue weighted by Crippen LogP contribution is 2.41. The molecule has 0 spiro atoms. The van der Waals surface area contributed by atoms with E-state index in [1.165, 1.54) is 13.0 Å². The van der Waals surface area contributed by atoms with Crippen molar-refractivity contribution in [2.45, 2.75) is 38.5 Å². The molecule has 3 heterocycles. The molecule has 5 rings (SSSR count). The van der Waals surface area contributed by atoms with Crippen LogP contribution in [-0.4, -0.2) is 42.6 Å². The fourth-order valence-corrected chi connectivity index (χ4v) is 5.14. The number of halogens is 3. The number of hydrogen-bond acceptors (Lipinski definition) is 5. The van der Waals surface area contributed by atoms with Gasteiger partial charge in [0.05, 0.1) is 25.3 Å². The van der Waals surface area contributed by atoms with Crippen molar-refractivity contribution in [3.05, 3.63) is 77.1 Å². The highest BCUT2D eigenvalue weighted by atomic mass is 19.4. The molecule has 1 fully saturated rings. The number of anilines is 2. The highest BCUT2D eigenvalue weighted by molar-refractivity contribution is 6.04. The summed E-state index contributed by atoms with van der Waals surface area (Å²) in [6.07, 6.45) is -2.91. The van der Waals surface area contributed by atoms with Gasteiger partial charge < -0.3 is 20.3 Å². The number of nitrogens with zero attached hydrogens (tertiary/aromatic N) is 2.